The highest BCUT2D eigenvalue weighted by atomic mass is 19.4. The molecule has 6 rings (SSSR count). The van der Waals surface area contributed by atoms with Crippen LogP contribution in [0, 0.1) is 0 Å². The Balaban J connectivity index is 1.28. The summed E-state index contributed by atoms with van der Waals surface area (Å²) in [5.41, 5.74) is 7.25. The van der Waals surface area contributed by atoms with Crippen molar-refractivity contribution in [3.8, 4) is 11.3 Å². The second-order valence-electron chi connectivity index (χ2n) is 11.1. The van der Waals surface area contributed by atoms with E-state index in [1.54, 1.807) is 37.6 Å². The number of halogens is 3. The molecule has 13 heteroatoms. The summed E-state index contributed by atoms with van der Waals surface area (Å²) in [5, 5.41) is 16.2. The maximum Gasteiger partial charge on any atom is 0.416 e. The number of methoxy groups -OCH3 is 1. The van der Waals surface area contributed by atoms with Crippen molar-refractivity contribution in [1.82, 2.24) is 24.7 Å². The van der Waals surface area contributed by atoms with Gasteiger partial charge in [0.2, 0.25) is 0 Å². The zero-order chi connectivity index (χ0) is 29.7. The first kappa shape index (κ1) is 28.1. The van der Waals surface area contributed by atoms with E-state index in [9.17, 15) is 23.1 Å². The lowest BCUT2D eigenvalue weighted by molar-refractivity contribution is -0.137. The summed E-state index contributed by atoms with van der Waals surface area (Å²) in [4.78, 5) is 26.0. The van der Waals surface area contributed by atoms with Crippen LogP contribution < -0.4 is 16.4 Å². The van der Waals surface area contributed by atoms with Gasteiger partial charge in [0.25, 0.3) is 5.91 Å². The number of aliphatic hydroxyl groups is 1. The van der Waals surface area contributed by atoms with Crippen molar-refractivity contribution in [2.45, 2.75) is 55.5 Å². The highest BCUT2D eigenvalue weighted by molar-refractivity contribution is 6.04. The molecule has 4 aromatic rings. The Hall–Kier alpha value is -4.07. The predicted octanol–water partition coefficient (Wildman–Crippen LogP) is 4.15. The molecule has 1 aromatic carbocycles. The molecule has 0 aliphatic heterocycles. The van der Waals surface area contributed by atoms with E-state index in [4.69, 9.17) is 15.5 Å². The van der Waals surface area contributed by atoms with E-state index in [2.05, 4.69) is 20.6 Å². The fraction of sp³-hybridized carbons (Fsp3) is 0.379. The van der Waals surface area contributed by atoms with Crippen molar-refractivity contribution in [3.05, 3.63) is 71.9 Å². The average molecular weight is 582 g/mol. The van der Waals surface area contributed by atoms with Crippen LogP contribution in [0.1, 0.15) is 53.8 Å². The van der Waals surface area contributed by atoms with Crippen LogP contribution in [0.2, 0.25) is 0 Å². The van der Waals surface area contributed by atoms with E-state index in [0.717, 1.165) is 56.3 Å². The lowest BCUT2D eigenvalue weighted by Gasteiger charge is -2.30. The Morgan fingerprint density at radius 2 is 1.88 bits per heavy atom. The van der Waals surface area contributed by atoms with Crippen LogP contribution in [0.25, 0.3) is 16.8 Å². The highest BCUT2D eigenvalue weighted by Gasteiger charge is 2.57. The van der Waals surface area contributed by atoms with Gasteiger partial charge < -0.3 is 20.9 Å². The molecule has 2 fully saturated rings. The van der Waals surface area contributed by atoms with Crippen molar-refractivity contribution < 1.29 is 27.8 Å². The number of alkyl halides is 3. The van der Waals surface area contributed by atoms with Crippen LogP contribution >= 0.6 is 0 Å². The van der Waals surface area contributed by atoms with Crippen LogP contribution in [-0.2, 0) is 16.3 Å². The third-order valence-corrected chi connectivity index (χ3v) is 8.45. The molecule has 5 N–H and O–H groups in total. The Morgan fingerprint density at radius 3 is 2.57 bits per heavy atom. The number of amides is 1. The largest absolute Gasteiger partial charge is 0.416 e. The number of nitrogens with zero attached hydrogens (tertiary/aromatic N) is 4. The Labute approximate surface area is 239 Å². The standard InChI is InChI=1S/C29H30F3N7O3/c1-42-15-21(40)38-28-9-7-27(16-28,8-10-28)26-37-22(23-24(33)35-12-13-39(23)26)17-2-4-18(5-3-17)25(41)36-20-14-19(6-11-34-20)29(30,31)32/h2-6,11-14,21,38,40H,7-10,15-16H2,1H3,(H2,33,35)(H,34,36,41). The SMILES string of the molecule is COCC(O)NC12CCC(c3nc(-c4ccc(C(=O)Nc5cc(C(F)(F)F)ccn5)cc4)c4c(N)nccn34)(CC1)C2. The quantitative estimate of drug-likeness (QED) is 0.228. The van der Waals surface area contributed by atoms with Crippen LogP contribution in [0.3, 0.4) is 0 Å². The van der Waals surface area contributed by atoms with Crippen LogP contribution in [0.4, 0.5) is 24.8 Å². The minimum atomic E-state index is -4.55. The molecule has 0 radical (unpaired) electrons. The lowest BCUT2D eigenvalue weighted by atomic mass is 9.83. The summed E-state index contributed by atoms with van der Waals surface area (Å²) in [6.07, 6.45) is 3.56. The number of aromatic nitrogens is 4. The van der Waals surface area contributed by atoms with E-state index in [-0.39, 0.29) is 28.9 Å². The summed E-state index contributed by atoms with van der Waals surface area (Å²) in [6, 6.07) is 8.22. The number of rotatable bonds is 8. The number of hydrogen-bond acceptors (Lipinski definition) is 8. The van der Waals surface area contributed by atoms with Gasteiger partial charge in [-0.15, -0.1) is 0 Å². The summed E-state index contributed by atoms with van der Waals surface area (Å²) < 4.78 is 46.2. The van der Waals surface area contributed by atoms with Crippen LogP contribution in [-0.4, -0.2) is 55.8 Å². The number of carbonyl (C=O) groups excluding carboxylic acids is 1. The van der Waals surface area contributed by atoms with E-state index in [1.807, 2.05) is 10.6 Å². The number of nitrogens with two attached hydrogens (primary N) is 1. The molecule has 220 valence electrons. The molecule has 1 amide bonds. The molecule has 2 saturated carbocycles. The van der Waals surface area contributed by atoms with Crippen LogP contribution in [0.5, 0.6) is 0 Å². The molecule has 3 aromatic heterocycles. The van der Waals surface area contributed by atoms with Crippen molar-refractivity contribution >= 4 is 23.1 Å². The number of ether oxygens (including phenoxy) is 1. The number of carbonyl (C=O) groups is 1. The van der Waals surface area contributed by atoms with E-state index in [1.165, 1.54) is 0 Å². The molecule has 2 aliphatic rings. The first-order valence-corrected chi connectivity index (χ1v) is 13.6. The molecule has 3 heterocycles. The van der Waals surface area contributed by atoms with Crippen molar-refractivity contribution in [1.29, 1.82) is 0 Å². The van der Waals surface area contributed by atoms with Gasteiger partial charge in [0.15, 0.2) is 0 Å². The molecular weight excluding hydrogens is 551 g/mol. The van der Waals surface area contributed by atoms with Gasteiger partial charge in [-0.1, -0.05) is 12.1 Å². The average Bonchev–Trinajstić information content (AvgIpc) is 3.64. The van der Waals surface area contributed by atoms with Gasteiger partial charge >= 0.3 is 6.18 Å². The molecule has 2 bridgehead atoms. The molecular formula is C29H30F3N7O3. The summed E-state index contributed by atoms with van der Waals surface area (Å²) >= 11 is 0. The summed E-state index contributed by atoms with van der Waals surface area (Å²) in [5.74, 6) is 0.396. The zero-order valence-electron chi connectivity index (χ0n) is 22.8. The summed E-state index contributed by atoms with van der Waals surface area (Å²) in [7, 11) is 1.55. The predicted molar refractivity (Wildman–Crippen MR) is 149 cm³/mol. The third-order valence-electron chi connectivity index (χ3n) is 8.45. The second-order valence-corrected chi connectivity index (χ2v) is 11.1. The maximum absolute atomic E-state index is 13.0. The van der Waals surface area contributed by atoms with Gasteiger partial charge in [-0.05, 0) is 56.4 Å². The van der Waals surface area contributed by atoms with Crippen LogP contribution in [0.15, 0.2) is 55.0 Å². The monoisotopic (exact) mass is 581 g/mol. The van der Waals surface area contributed by atoms with Crippen molar-refractivity contribution in [3.63, 3.8) is 0 Å². The fourth-order valence-corrected chi connectivity index (χ4v) is 6.54. The molecule has 0 spiro atoms. The molecule has 42 heavy (non-hydrogen) atoms. The van der Waals surface area contributed by atoms with Gasteiger partial charge in [0.1, 0.15) is 34.9 Å². The second kappa shape index (κ2) is 10.3. The normalized spacial score (nSPS) is 22.5. The van der Waals surface area contributed by atoms with E-state index < -0.39 is 23.9 Å². The van der Waals surface area contributed by atoms with Crippen molar-refractivity contribution in [2.24, 2.45) is 0 Å². The number of fused-ring (bicyclic) bond motifs is 3. The van der Waals surface area contributed by atoms with Gasteiger partial charge in [0, 0.05) is 47.8 Å². The molecule has 0 saturated heterocycles. The molecule has 10 nitrogen and oxygen atoms in total. The topological polar surface area (TPSA) is 140 Å². The lowest BCUT2D eigenvalue weighted by Crippen LogP contribution is -2.49. The fourth-order valence-electron chi connectivity index (χ4n) is 6.54. The number of nitrogen functional groups attached to an aromatic ring is 1. The first-order valence-electron chi connectivity index (χ1n) is 13.6. The zero-order valence-corrected chi connectivity index (χ0v) is 22.8. The summed E-state index contributed by atoms with van der Waals surface area (Å²) in [6.45, 7) is 0.206. The minimum absolute atomic E-state index is 0.199. The van der Waals surface area contributed by atoms with Gasteiger partial charge in [0.05, 0.1) is 12.2 Å². The minimum Gasteiger partial charge on any atom is -0.382 e. The van der Waals surface area contributed by atoms with Gasteiger partial charge in [-0.3, -0.25) is 14.5 Å². The molecule has 1 unspecified atom stereocenters. The van der Waals surface area contributed by atoms with Gasteiger partial charge in [-0.2, -0.15) is 13.2 Å². The molecule has 2 aliphatic carbocycles. The Bertz CT molecular complexity index is 1630. The number of benzene rings is 1. The number of aliphatic hydroxyl groups excluding tert-OH is 1. The Morgan fingerprint density at radius 1 is 1.14 bits per heavy atom. The number of imidazole rings is 1. The first-order chi connectivity index (χ1) is 20.0. The Kier molecular flexibility index (Phi) is 6.90. The van der Waals surface area contributed by atoms with Crippen molar-refractivity contribution in [2.75, 3.05) is 24.8 Å². The van der Waals surface area contributed by atoms with Gasteiger partial charge in [-0.25, -0.2) is 15.0 Å². The number of anilines is 2. The number of hydrogen-bond donors (Lipinski definition) is 4. The maximum atomic E-state index is 13.0. The van der Waals surface area contributed by atoms with E-state index >= 15 is 0 Å². The highest BCUT2D eigenvalue weighted by Crippen LogP contribution is 2.57. The van der Waals surface area contributed by atoms with E-state index in [0.29, 0.717) is 22.6 Å². The third kappa shape index (κ3) is 4.97. The number of pyridine rings is 1. The number of nitrogens with one attached hydrogen (secondary N) is 2. The smallest absolute Gasteiger partial charge is 0.382 e. The molecule has 1 atom stereocenters.